The Labute approximate surface area is 191 Å². The van der Waals surface area contributed by atoms with Gasteiger partial charge in [0, 0.05) is 5.56 Å². The number of alkyl halides is 6. The Morgan fingerprint density at radius 2 is 1.62 bits per heavy atom. The van der Waals surface area contributed by atoms with Crippen LogP contribution in [-0.2, 0) is 22.5 Å². The van der Waals surface area contributed by atoms with Gasteiger partial charge < -0.3 is 0 Å². The SMILES string of the molecule is O=S(=O)(O)c1ccc(C#Cc2cnn3c(C(F)(F)F)cc(-c4ccc(C(F)(F)F)cc4)nc23)s1. The zero-order valence-electron chi connectivity index (χ0n) is 16.3. The molecule has 0 fully saturated rings. The van der Waals surface area contributed by atoms with Crippen molar-refractivity contribution in [2.75, 3.05) is 0 Å². The van der Waals surface area contributed by atoms with E-state index in [4.69, 9.17) is 4.55 Å². The predicted octanol–water partition coefficient (Wildman–Crippen LogP) is 5.14. The highest BCUT2D eigenvalue weighted by Crippen LogP contribution is 2.34. The van der Waals surface area contributed by atoms with Gasteiger partial charge in [0.25, 0.3) is 0 Å². The van der Waals surface area contributed by atoms with Crippen LogP contribution in [0.25, 0.3) is 16.9 Å². The van der Waals surface area contributed by atoms with Crippen LogP contribution in [0.1, 0.15) is 21.7 Å². The summed E-state index contributed by atoms with van der Waals surface area (Å²) in [6, 6.07) is 6.55. The second-order valence-electron chi connectivity index (χ2n) is 6.74. The predicted molar refractivity (Wildman–Crippen MR) is 109 cm³/mol. The zero-order chi connectivity index (χ0) is 24.9. The van der Waals surface area contributed by atoms with Crippen molar-refractivity contribution in [2.24, 2.45) is 0 Å². The van der Waals surface area contributed by atoms with Crippen molar-refractivity contribution in [1.82, 2.24) is 14.6 Å². The third-order valence-electron chi connectivity index (χ3n) is 4.43. The molecular weight excluding hydrogens is 508 g/mol. The van der Waals surface area contributed by atoms with Crippen LogP contribution in [0.4, 0.5) is 26.3 Å². The van der Waals surface area contributed by atoms with Crippen molar-refractivity contribution < 1.29 is 39.3 Å². The fourth-order valence-corrected chi connectivity index (χ4v) is 4.41. The normalized spacial score (nSPS) is 12.6. The lowest BCUT2D eigenvalue weighted by Gasteiger charge is -2.12. The van der Waals surface area contributed by atoms with Gasteiger partial charge in [-0.15, -0.1) is 11.3 Å². The van der Waals surface area contributed by atoms with E-state index in [1.54, 1.807) is 0 Å². The lowest BCUT2D eigenvalue weighted by molar-refractivity contribution is -0.142. The Hall–Kier alpha value is -3.41. The molecule has 6 nitrogen and oxygen atoms in total. The molecule has 3 aromatic heterocycles. The molecule has 0 saturated carbocycles. The van der Waals surface area contributed by atoms with Gasteiger partial charge in [-0.2, -0.15) is 39.9 Å². The monoisotopic (exact) mass is 517 g/mol. The number of benzene rings is 1. The highest BCUT2D eigenvalue weighted by Gasteiger charge is 2.36. The maximum atomic E-state index is 13.7. The number of rotatable bonds is 2. The average molecular weight is 517 g/mol. The minimum absolute atomic E-state index is 0.0113. The lowest BCUT2D eigenvalue weighted by atomic mass is 10.1. The number of fused-ring (bicyclic) bond motifs is 1. The fourth-order valence-electron chi connectivity index (χ4n) is 2.89. The maximum Gasteiger partial charge on any atom is 0.433 e. The van der Waals surface area contributed by atoms with E-state index in [1.165, 1.54) is 6.07 Å². The van der Waals surface area contributed by atoms with Crippen LogP contribution in [0.5, 0.6) is 0 Å². The van der Waals surface area contributed by atoms with E-state index in [-0.39, 0.29) is 31.6 Å². The molecule has 0 aliphatic carbocycles. The van der Waals surface area contributed by atoms with Gasteiger partial charge in [-0.3, -0.25) is 4.55 Å². The first-order valence-corrected chi connectivity index (χ1v) is 11.2. The molecule has 0 amide bonds. The minimum Gasteiger partial charge on any atom is -0.281 e. The van der Waals surface area contributed by atoms with Crippen LogP contribution in [0.2, 0.25) is 0 Å². The van der Waals surface area contributed by atoms with Crippen LogP contribution in [-0.4, -0.2) is 27.6 Å². The Bertz CT molecular complexity index is 1560. The fraction of sp³-hybridized carbons (Fsp3) is 0.100. The van der Waals surface area contributed by atoms with E-state index in [9.17, 15) is 34.8 Å². The van der Waals surface area contributed by atoms with E-state index in [0.717, 1.165) is 36.5 Å². The summed E-state index contributed by atoms with van der Waals surface area (Å²) in [4.78, 5) is 4.31. The van der Waals surface area contributed by atoms with Gasteiger partial charge in [-0.1, -0.05) is 24.0 Å². The molecule has 0 atom stereocenters. The molecule has 34 heavy (non-hydrogen) atoms. The van der Waals surface area contributed by atoms with Crippen LogP contribution in [0.3, 0.4) is 0 Å². The van der Waals surface area contributed by atoms with E-state index in [0.29, 0.717) is 21.9 Å². The van der Waals surface area contributed by atoms with Crippen molar-refractivity contribution in [3.8, 4) is 23.1 Å². The van der Waals surface area contributed by atoms with E-state index in [2.05, 4.69) is 21.9 Å². The molecule has 0 unspecified atom stereocenters. The second kappa shape index (κ2) is 8.12. The quantitative estimate of drug-likeness (QED) is 0.226. The highest BCUT2D eigenvalue weighted by molar-refractivity contribution is 7.88. The standard InChI is InChI=1S/C20H9F6N3O3S2/c21-19(22,23)13-4-1-11(2-5-13)15-9-16(20(24,25)26)29-18(28-15)12(10-27-29)3-6-14-7-8-17(33-14)34(30,31)32/h1-2,4-5,7-10H,(H,30,31,32). The Kier molecular flexibility index (Phi) is 5.67. The second-order valence-corrected chi connectivity index (χ2v) is 9.47. The van der Waals surface area contributed by atoms with Crippen LogP contribution < -0.4 is 0 Å². The summed E-state index contributed by atoms with van der Waals surface area (Å²) >= 11 is 0.647. The van der Waals surface area contributed by atoms with Gasteiger partial charge in [-0.25, -0.2) is 9.50 Å². The van der Waals surface area contributed by atoms with E-state index < -0.39 is 33.7 Å². The van der Waals surface area contributed by atoms with Crippen molar-refractivity contribution in [2.45, 2.75) is 16.6 Å². The van der Waals surface area contributed by atoms with Gasteiger partial charge in [0.1, 0.15) is 4.21 Å². The third-order valence-corrected chi connectivity index (χ3v) is 6.75. The Balaban J connectivity index is 1.83. The molecule has 0 radical (unpaired) electrons. The summed E-state index contributed by atoms with van der Waals surface area (Å²) in [5.41, 5.74) is -2.77. The number of halogens is 6. The topological polar surface area (TPSA) is 84.6 Å². The van der Waals surface area contributed by atoms with Crippen molar-refractivity contribution in [1.29, 1.82) is 0 Å². The van der Waals surface area contributed by atoms with Gasteiger partial charge in [0.05, 0.1) is 27.9 Å². The number of aromatic nitrogens is 3. The summed E-state index contributed by atoms with van der Waals surface area (Å²) in [5, 5.41) is 3.67. The summed E-state index contributed by atoms with van der Waals surface area (Å²) in [5.74, 6) is 5.12. The van der Waals surface area contributed by atoms with Gasteiger partial charge in [-0.05, 0) is 30.3 Å². The van der Waals surface area contributed by atoms with E-state index in [1.807, 2.05) is 0 Å². The van der Waals surface area contributed by atoms with E-state index >= 15 is 0 Å². The molecule has 0 saturated heterocycles. The van der Waals surface area contributed by atoms with Crippen LogP contribution >= 0.6 is 11.3 Å². The summed E-state index contributed by atoms with van der Waals surface area (Å²) in [6.07, 6.45) is -8.45. The van der Waals surface area contributed by atoms with Gasteiger partial charge in [0.15, 0.2) is 11.3 Å². The molecule has 1 aromatic carbocycles. The molecule has 0 spiro atoms. The highest BCUT2D eigenvalue weighted by atomic mass is 32.3. The molecule has 4 rings (SSSR count). The maximum absolute atomic E-state index is 13.7. The molecule has 0 aliphatic heterocycles. The molecule has 3 heterocycles. The largest absolute Gasteiger partial charge is 0.433 e. The summed E-state index contributed by atoms with van der Waals surface area (Å²) in [6.45, 7) is 0. The Morgan fingerprint density at radius 3 is 2.18 bits per heavy atom. The first-order valence-electron chi connectivity index (χ1n) is 8.96. The van der Waals surface area contributed by atoms with Crippen molar-refractivity contribution >= 4 is 27.1 Å². The molecule has 14 heteroatoms. The van der Waals surface area contributed by atoms with Crippen LogP contribution in [0.15, 0.2) is 52.9 Å². The Morgan fingerprint density at radius 1 is 0.941 bits per heavy atom. The molecule has 0 aliphatic rings. The first-order chi connectivity index (χ1) is 15.7. The molecular formula is C20H9F6N3O3S2. The van der Waals surface area contributed by atoms with Crippen molar-refractivity contribution in [3.63, 3.8) is 0 Å². The molecule has 0 bridgehead atoms. The number of thiophene rings is 1. The number of nitrogens with zero attached hydrogens (tertiary/aromatic N) is 3. The summed E-state index contributed by atoms with van der Waals surface area (Å²) < 4.78 is 111. The molecule has 4 aromatic rings. The van der Waals surface area contributed by atoms with Crippen LogP contribution in [0, 0.1) is 11.8 Å². The smallest absolute Gasteiger partial charge is 0.281 e. The molecule has 176 valence electrons. The first kappa shape index (κ1) is 23.7. The van der Waals surface area contributed by atoms with Gasteiger partial charge >= 0.3 is 22.5 Å². The lowest BCUT2D eigenvalue weighted by Crippen LogP contribution is -2.13. The number of hydrogen-bond donors (Lipinski definition) is 1. The molecule has 1 N–H and O–H groups in total. The average Bonchev–Trinajstić information content (AvgIpc) is 3.37. The zero-order valence-corrected chi connectivity index (χ0v) is 17.9. The minimum atomic E-state index is -4.86. The number of hydrogen-bond acceptors (Lipinski definition) is 5. The summed E-state index contributed by atoms with van der Waals surface area (Å²) in [7, 11) is -4.43. The van der Waals surface area contributed by atoms with Crippen molar-refractivity contribution in [3.05, 3.63) is 70.4 Å². The third kappa shape index (κ3) is 4.76. The van der Waals surface area contributed by atoms with Gasteiger partial charge in [0.2, 0.25) is 0 Å².